The minimum absolute atomic E-state index is 0.183. The Bertz CT molecular complexity index is 1000. The summed E-state index contributed by atoms with van der Waals surface area (Å²) in [5, 5.41) is 7.41. The Morgan fingerprint density at radius 3 is 2.48 bits per heavy atom. The van der Waals surface area contributed by atoms with Gasteiger partial charge in [0.25, 0.3) is 5.91 Å². The van der Waals surface area contributed by atoms with Gasteiger partial charge in [-0.3, -0.25) is 4.79 Å². The smallest absolute Gasteiger partial charge is 0.255 e. The van der Waals surface area contributed by atoms with Crippen LogP contribution < -0.4 is 10.2 Å². The summed E-state index contributed by atoms with van der Waals surface area (Å²) in [5.41, 5.74) is 3.55. The highest BCUT2D eigenvalue weighted by atomic mass is 19.1. The lowest BCUT2D eigenvalue weighted by Gasteiger charge is -2.16. The van der Waals surface area contributed by atoms with E-state index in [1.165, 1.54) is 25.0 Å². The minimum Gasteiger partial charge on any atom is -0.357 e. The molecule has 3 heterocycles. The molecule has 0 spiro atoms. The Morgan fingerprint density at radius 2 is 1.83 bits per heavy atom. The first-order valence-electron chi connectivity index (χ1n) is 9.83. The number of pyridine rings is 1. The third kappa shape index (κ3) is 3.99. The van der Waals surface area contributed by atoms with Crippen LogP contribution in [-0.4, -0.2) is 33.8 Å². The summed E-state index contributed by atoms with van der Waals surface area (Å²) in [5.74, 6) is 0.499. The molecule has 0 unspecified atom stereocenters. The molecule has 3 aromatic rings. The molecule has 29 heavy (non-hydrogen) atoms. The van der Waals surface area contributed by atoms with Crippen LogP contribution in [0.1, 0.15) is 40.2 Å². The largest absolute Gasteiger partial charge is 0.357 e. The second-order valence-electron chi connectivity index (χ2n) is 7.34. The van der Waals surface area contributed by atoms with Crippen LogP contribution in [0.5, 0.6) is 0 Å². The van der Waals surface area contributed by atoms with Crippen LogP contribution in [0.2, 0.25) is 0 Å². The normalized spacial score (nSPS) is 13.7. The summed E-state index contributed by atoms with van der Waals surface area (Å²) in [6, 6.07) is 10.1. The second kappa shape index (κ2) is 8.03. The highest BCUT2D eigenvalue weighted by Gasteiger charge is 2.19. The fourth-order valence-electron chi connectivity index (χ4n) is 3.73. The second-order valence-corrected chi connectivity index (χ2v) is 7.34. The molecule has 150 valence electrons. The van der Waals surface area contributed by atoms with Crippen LogP contribution in [0.3, 0.4) is 0 Å². The van der Waals surface area contributed by atoms with Crippen molar-refractivity contribution in [1.82, 2.24) is 20.1 Å². The van der Waals surface area contributed by atoms with Crippen molar-refractivity contribution in [2.45, 2.75) is 33.2 Å². The Kier molecular flexibility index (Phi) is 5.29. The summed E-state index contributed by atoms with van der Waals surface area (Å²) in [6.07, 6.45) is 4.24. The number of hydrogen-bond donors (Lipinski definition) is 1. The van der Waals surface area contributed by atoms with Crippen molar-refractivity contribution in [1.29, 1.82) is 0 Å². The molecular weight excluding hydrogens is 369 g/mol. The number of carbonyl (C=O) groups excluding carboxylic acids is 1. The van der Waals surface area contributed by atoms with E-state index in [1.807, 2.05) is 25.3 Å². The molecule has 1 N–H and O–H groups in total. The fourth-order valence-corrected chi connectivity index (χ4v) is 3.73. The van der Waals surface area contributed by atoms with Gasteiger partial charge >= 0.3 is 0 Å². The topological polar surface area (TPSA) is 63.1 Å². The van der Waals surface area contributed by atoms with Gasteiger partial charge in [0, 0.05) is 25.8 Å². The minimum atomic E-state index is -0.308. The van der Waals surface area contributed by atoms with E-state index < -0.39 is 0 Å². The third-order valence-electron chi connectivity index (χ3n) is 5.28. The first-order valence-corrected chi connectivity index (χ1v) is 9.83. The number of hydrogen-bond acceptors (Lipinski definition) is 4. The number of halogens is 1. The number of rotatable bonds is 5. The molecule has 0 bridgehead atoms. The third-order valence-corrected chi connectivity index (χ3v) is 5.28. The van der Waals surface area contributed by atoms with Crippen LogP contribution in [0.4, 0.5) is 10.2 Å². The molecule has 1 aliphatic rings. The van der Waals surface area contributed by atoms with Crippen LogP contribution in [-0.2, 0) is 6.54 Å². The van der Waals surface area contributed by atoms with Gasteiger partial charge in [0.15, 0.2) is 0 Å². The molecule has 1 aliphatic heterocycles. The lowest BCUT2D eigenvalue weighted by Crippen LogP contribution is -2.24. The summed E-state index contributed by atoms with van der Waals surface area (Å²) in [6.45, 7) is 6.14. The van der Waals surface area contributed by atoms with Crippen LogP contribution in [0.25, 0.3) is 5.69 Å². The van der Waals surface area contributed by atoms with Crippen molar-refractivity contribution in [3.63, 3.8) is 0 Å². The van der Waals surface area contributed by atoms with E-state index in [-0.39, 0.29) is 11.7 Å². The van der Waals surface area contributed by atoms with Crippen molar-refractivity contribution < 1.29 is 9.18 Å². The molecule has 6 nitrogen and oxygen atoms in total. The quantitative estimate of drug-likeness (QED) is 0.720. The van der Waals surface area contributed by atoms with Gasteiger partial charge in [-0.05, 0) is 62.6 Å². The van der Waals surface area contributed by atoms with Gasteiger partial charge < -0.3 is 10.2 Å². The van der Waals surface area contributed by atoms with Crippen LogP contribution in [0, 0.1) is 19.7 Å². The molecule has 1 aromatic carbocycles. The highest BCUT2D eigenvalue weighted by molar-refractivity contribution is 5.96. The summed E-state index contributed by atoms with van der Waals surface area (Å²) >= 11 is 0. The zero-order chi connectivity index (χ0) is 20.4. The molecule has 4 rings (SSSR count). The van der Waals surface area contributed by atoms with E-state index in [0.29, 0.717) is 29.2 Å². The number of nitrogens with one attached hydrogen (secondary N) is 1. The number of nitrogens with zero attached hydrogens (tertiary/aromatic N) is 4. The predicted octanol–water partition coefficient (Wildman–Crippen LogP) is 3.55. The van der Waals surface area contributed by atoms with Gasteiger partial charge in [-0.2, -0.15) is 5.10 Å². The Labute approximate surface area is 169 Å². The highest BCUT2D eigenvalue weighted by Crippen LogP contribution is 2.19. The fraction of sp³-hybridized carbons (Fsp3) is 0.318. The van der Waals surface area contributed by atoms with E-state index in [0.717, 1.165) is 24.5 Å². The number of amides is 1. The van der Waals surface area contributed by atoms with Gasteiger partial charge in [-0.1, -0.05) is 6.07 Å². The number of aromatic nitrogens is 3. The molecule has 1 saturated heterocycles. The Morgan fingerprint density at radius 1 is 1.10 bits per heavy atom. The first kappa shape index (κ1) is 19.1. The van der Waals surface area contributed by atoms with Crippen LogP contribution in [0.15, 0.2) is 42.6 Å². The van der Waals surface area contributed by atoms with E-state index >= 15 is 0 Å². The van der Waals surface area contributed by atoms with Gasteiger partial charge in [0.05, 0.1) is 22.6 Å². The standard InChI is InChI=1S/C22H24FN5O/c1-15-21(16(2)28(26-15)19-8-6-18(23)7-9-19)22(29)25-14-17-5-10-20(24-13-17)27-11-3-4-12-27/h5-10,13H,3-4,11-12,14H2,1-2H3,(H,25,29). The van der Waals surface area contributed by atoms with Gasteiger partial charge in [-0.15, -0.1) is 0 Å². The zero-order valence-corrected chi connectivity index (χ0v) is 16.7. The molecule has 0 saturated carbocycles. The molecule has 0 aliphatic carbocycles. The lowest BCUT2D eigenvalue weighted by molar-refractivity contribution is 0.0949. The molecule has 0 atom stereocenters. The maximum Gasteiger partial charge on any atom is 0.255 e. The van der Waals surface area contributed by atoms with Gasteiger partial charge in [-0.25, -0.2) is 14.1 Å². The van der Waals surface area contributed by atoms with Crippen LogP contribution >= 0.6 is 0 Å². The number of carbonyl (C=O) groups is 1. The average molecular weight is 393 g/mol. The SMILES string of the molecule is Cc1nn(-c2ccc(F)cc2)c(C)c1C(=O)NCc1ccc(N2CCCC2)nc1. The number of aryl methyl sites for hydroxylation is 1. The molecule has 0 radical (unpaired) electrons. The van der Waals surface area contributed by atoms with Crippen molar-refractivity contribution in [2.75, 3.05) is 18.0 Å². The molecule has 1 amide bonds. The van der Waals surface area contributed by atoms with E-state index in [4.69, 9.17) is 0 Å². The van der Waals surface area contributed by atoms with Crippen molar-refractivity contribution in [2.24, 2.45) is 0 Å². The number of anilines is 1. The van der Waals surface area contributed by atoms with E-state index in [2.05, 4.69) is 20.3 Å². The average Bonchev–Trinajstić information content (AvgIpc) is 3.36. The first-order chi connectivity index (χ1) is 14.0. The Balaban J connectivity index is 1.45. The van der Waals surface area contributed by atoms with Crippen molar-refractivity contribution in [3.05, 3.63) is 70.9 Å². The van der Waals surface area contributed by atoms with Gasteiger partial charge in [0.2, 0.25) is 0 Å². The summed E-state index contributed by atoms with van der Waals surface area (Å²) < 4.78 is 14.9. The number of benzene rings is 1. The summed E-state index contributed by atoms with van der Waals surface area (Å²) in [7, 11) is 0. The van der Waals surface area contributed by atoms with Crippen molar-refractivity contribution >= 4 is 11.7 Å². The molecule has 1 fully saturated rings. The van der Waals surface area contributed by atoms with Gasteiger partial charge in [0.1, 0.15) is 11.6 Å². The molecule has 7 heteroatoms. The van der Waals surface area contributed by atoms with E-state index in [1.54, 1.807) is 23.7 Å². The maximum atomic E-state index is 13.2. The predicted molar refractivity (Wildman–Crippen MR) is 110 cm³/mol. The zero-order valence-electron chi connectivity index (χ0n) is 16.7. The Hall–Kier alpha value is -3.22. The van der Waals surface area contributed by atoms with Crippen molar-refractivity contribution in [3.8, 4) is 5.69 Å². The molecule has 2 aromatic heterocycles. The van der Waals surface area contributed by atoms with E-state index in [9.17, 15) is 9.18 Å². The summed E-state index contributed by atoms with van der Waals surface area (Å²) in [4.78, 5) is 19.6. The molecular formula is C22H24FN5O. The lowest BCUT2D eigenvalue weighted by atomic mass is 10.1. The maximum absolute atomic E-state index is 13.2. The monoisotopic (exact) mass is 393 g/mol.